The largest absolute Gasteiger partial charge is 0.398 e. The van der Waals surface area contributed by atoms with Crippen molar-refractivity contribution in [2.45, 2.75) is 4.90 Å². The maximum absolute atomic E-state index is 11.2. The lowest BCUT2D eigenvalue weighted by molar-refractivity contribution is 0.163. The van der Waals surface area contributed by atoms with Crippen molar-refractivity contribution in [3.8, 4) is 0 Å². The molecule has 8 heteroatoms. The van der Waals surface area contributed by atoms with Crippen molar-refractivity contribution in [2.75, 3.05) is 51.4 Å². The van der Waals surface area contributed by atoms with Gasteiger partial charge >= 0.3 is 0 Å². The molecule has 0 bridgehead atoms. The number of hydrogen-bond donors (Lipinski definition) is 3. The highest BCUT2D eigenvalue weighted by molar-refractivity contribution is 7.89. The monoisotopic (exact) mass is 302 g/mol. The number of nitrogen functional groups attached to an aromatic ring is 1. The molecule has 0 aliphatic rings. The highest BCUT2D eigenvalue weighted by atomic mass is 32.2. The SMILES string of the molecule is COCCN(C)CCNc1ccc(S(N)(=O)=O)c(N)c1. The summed E-state index contributed by atoms with van der Waals surface area (Å²) in [4.78, 5) is 2.07. The molecule has 5 N–H and O–H groups in total. The van der Waals surface area contributed by atoms with Crippen LogP contribution in [0.3, 0.4) is 0 Å². The van der Waals surface area contributed by atoms with Gasteiger partial charge in [0.25, 0.3) is 0 Å². The molecule has 0 radical (unpaired) electrons. The molecule has 0 saturated heterocycles. The second kappa shape index (κ2) is 7.44. The number of nitrogens with one attached hydrogen (secondary N) is 1. The van der Waals surface area contributed by atoms with Gasteiger partial charge in [-0.25, -0.2) is 13.6 Å². The summed E-state index contributed by atoms with van der Waals surface area (Å²) in [7, 11) is -0.102. The van der Waals surface area contributed by atoms with E-state index in [2.05, 4.69) is 10.2 Å². The first-order valence-electron chi connectivity index (χ1n) is 6.18. The number of methoxy groups -OCH3 is 1. The van der Waals surface area contributed by atoms with Crippen LogP contribution < -0.4 is 16.2 Å². The number of benzene rings is 1. The van der Waals surface area contributed by atoms with Gasteiger partial charge in [-0.15, -0.1) is 0 Å². The van der Waals surface area contributed by atoms with E-state index in [1.54, 1.807) is 19.2 Å². The first-order chi connectivity index (χ1) is 9.34. The van der Waals surface area contributed by atoms with Crippen LogP contribution in [0, 0.1) is 0 Å². The van der Waals surface area contributed by atoms with Gasteiger partial charge < -0.3 is 20.7 Å². The maximum Gasteiger partial charge on any atom is 0.240 e. The first kappa shape index (κ1) is 16.7. The molecule has 20 heavy (non-hydrogen) atoms. The molecule has 0 heterocycles. The molecule has 0 fully saturated rings. The van der Waals surface area contributed by atoms with Gasteiger partial charge in [0.1, 0.15) is 4.90 Å². The van der Waals surface area contributed by atoms with Gasteiger partial charge in [-0.2, -0.15) is 0 Å². The normalized spacial score (nSPS) is 11.8. The van der Waals surface area contributed by atoms with E-state index in [9.17, 15) is 8.42 Å². The van der Waals surface area contributed by atoms with Gasteiger partial charge in [-0.05, 0) is 25.2 Å². The predicted octanol–water partition coefficient (Wildman–Crippen LogP) is -0.0937. The van der Waals surface area contributed by atoms with Crippen molar-refractivity contribution in [3.63, 3.8) is 0 Å². The van der Waals surface area contributed by atoms with E-state index in [0.717, 1.165) is 18.8 Å². The molecule has 0 amide bonds. The van der Waals surface area contributed by atoms with Crippen LogP contribution in [0.4, 0.5) is 11.4 Å². The summed E-state index contributed by atoms with van der Waals surface area (Å²) < 4.78 is 27.4. The van der Waals surface area contributed by atoms with Gasteiger partial charge in [-0.3, -0.25) is 0 Å². The third-order valence-corrected chi connectivity index (χ3v) is 3.80. The van der Waals surface area contributed by atoms with Crippen molar-refractivity contribution >= 4 is 21.4 Å². The van der Waals surface area contributed by atoms with Crippen LogP contribution in [0.25, 0.3) is 0 Å². The topological polar surface area (TPSA) is 111 Å². The van der Waals surface area contributed by atoms with E-state index in [-0.39, 0.29) is 10.6 Å². The highest BCUT2D eigenvalue weighted by Crippen LogP contribution is 2.21. The second-order valence-electron chi connectivity index (χ2n) is 4.52. The zero-order valence-corrected chi connectivity index (χ0v) is 12.6. The average Bonchev–Trinajstić information content (AvgIpc) is 2.35. The zero-order chi connectivity index (χ0) is 15.2. The molecule has 0 aliphatic heterocycles. The molecule has 1 aromatic rings. The Morgan fingerprint density at radius 1 is 1.35 bits per heavy atom. The number of nitrogens with zero attached hydrogens (tertiary/aromatic N) is 1. The Morgan fingerprint density at radius 3 is 2.60 bits per heavy atom. The number of hydrogen-bond acceptors (Lipinski definition) is 6. The molecule has 0 unspecified atom stereocenters. The van der Waals surface area contributed by atoms with E-state index in [1.165, 1.54) is 6.07 Å². The minimum Gasteiger partial charge on any atom is -0.398 e. The molecular weight excluding hydrogens is 280 g/mol. The lowest BCUT2D eigenvalue weighted by atomic mass is 10.3. The first-order valence-corrected chi connectivity index (χ1v) is 7.73. The molecule has 0 aliphatic carbocycles. The third-order valence-electron chi connectivity index (χ3n) is 2.82. The quantitative estimate of drug-likeness (QED) is 0.579. The molecule has 114 valence electrons. The van der Waals surface area contributed by atoms with Crippen molar-refractivity contribution in [1.29, 1.82) is 0 Å². The number of primary sulfonamides is 1. The standard InChI is InChI=1S/C12H22N4O3S/c1-16(7-8-19-2)6-5-15-10-3-4-12(11(13)9-10)20(14,17)18/h3-4,9,15H,5-8,13H2,1-2H3,(H2,14,17,18). The minimum atomic E-state index is -3.77. The van der Waals surface area contributed by atoms with Crippen LogP contribution in [-0.2, 0) is 14.8 Å². The molecule has 0 atom stereocenters. The van der Waals surface area contributed by atoms with E-state index < -0.39 is 10.0 Å². The Hall–Kier alpha value is -1.35. The fourth-order valence-electron chi connectivity index (χ4n) is 1.67. The molecule has 1 rings (SSSR count). The fourth-order valence-corrected chi connectivity index (χ4v) is 2.31. The lowest BCUT2D eigenvalue weighted by Gasteiger charge is -2.17. The summed E-state index contributed by atoms with van der Waals surface area (Å²) in [5.41, 5.74) is 6.58. The molecule has 0 saturated carbocycles. The molecule has 0 spiro atoms. The number of ether oxygens (including phenoxy) is 1. The van der Waals surface area contributed by atoms with Crippen LogP contribution in [0.5, 0.6) is 0 Å². The van der Waals surface area contributed by atoms with Crippen molar-refractivity contribution in [3.05, 3.63) is 18.2 Å². The van der Waals surface area contributed by atoms with Crippen LogP contribution in [0.2, 0.25) is 0 Å². The number of nitrogens with two attached hydrogens (primary N) is 2. The number of rotatable bonds is 8. The summed E-state index contributed by atoms with van der Waals surface area (Å²) in [5.74, 6) is 0. The van der Waals surface area contributed by atoms with Gasteiger partial charge in [-0.1, -0.05) is 0 Å². The summed E-state index contributed by atoms with van der Waals surface area (Å²) >= 11 is 0. The Balaban J connectivity index is 2.52. The summed E-state index contributed by atoms with van der Waals surface area (Å²) in [6, 6.07) is 4.61. The molecule has 1 aromatic carbocycles. The Morgan fingerprint density at radius 2 is 2.05 bits per heavy atom. The Labute approximate surface area is 119 Å². The van der Waals surface area contributed by atoms with Crippen LogP contribution in [0.1, 0.15) is 0 Å². The van der Waals surface area contributed by atoms with Crippen molar-refractivity contribution in [1.82, 2.24) is 4.90 Å². The third kappa shape index (κ3) is 5.33. The van der Waals surface area contributed by atoms with E-state index >= 15 is 0 Å². The summed E-state index contributed by atoms with van der Waals surface area (Å²) in [6.07, 6.45) is 0. The number of anilines is 2. The molecule has 0 aromatic heterocycles. The predicted molar refractivity (Wildman–Crippen MR) is 80.1 cm³/mol. The fraction of sp³-hybridized carbons (Fsp3) is 0.500. The lowest BCUT2D eigenvalue weighted by Crippen LogP contribution is -2.28. The molecular formula is C12H22N4O3S. The number of sulfonamides is 1. The summed E-state index contributed by atoms with van der Waals surface area (Å²) in [6.45, 7) is 3.09. The average molecular weight is 302 g/mol. The second-order valence-corrected chi connectivity index (χ2v) is 6.05. The molecule has 7 nitrogen and oxygen atoms in total. The van der Waals surface area contributed by atoms with Crippen molar-refractivity contribution in [2.24, 2.45) is 5.14 Å². The Kier molecular flexibility index (Phi) is 6.21. The van der Waals surface area contributed by atoms with Gasteiger partial charge in [0.05, 0.1) is 12.3 Å². The minimum absolute atomic E-state index is 0.0553. The van der Waals surface area contributed by atoms with E-state index in [4.69, 9.17) is 15.6 Å². The van der Waals surface area contributed by atoms with Crippen molar-refractivity contribution < 1.29 is 13.2 Å². The Bertz CT molecular complexity index is 534. The highest BCUT2D eigenvalue weighted by Gasteiger charge is 2.12. The van der Waals surface area contributed by atoms with Crippen LogP contribution in [0.15, 0.2) is 23.1 Å². The van der Waals surface area contributed by atoms with Gasteiger partial charge in [0.2, 0.25) is 10.0 Å². The zero-order valence-electron chi connectivity index (χ0n) is 11.8. The smallest absolute Gasteiger partial charge is 0.240 e. The van der Waals surface area contributed by atoms with Gasteiger partial charge in [0.15, 0.2) is 0 Å². The van der Waals surface area contributed by atoms with Crippen LogP contribution in [-0.4, -0.2) is 53.7 Å². The number of likely N-dealkylation sites (N-methyl/N-ethyl adjacent to an activating group) is 1. The van der Waals surface area contributed by atoms with Crippen LogP contribution >= 0.6 is 0 Å². The van der Waals surface area contributed by atoms with E-state index in [0.29, 0.717) is 13.2 Å². The van der Waals surface area contributed by atoms with Gasteiger partial charge in [0, 0.05) is 32.4 Å². The van der Waals surface area contributed by atoms with E-state index in [1.807, 2.05) is 7.05 Å². The summed E-state index contributed by atoms with van der Waals surface area (Å²) in [5, 5.41) is 8.22. The maximum atomic E-state index is 11.2.